The van der Waals surface area contributed by atoms with E-state index in [0.29, 0.717) is 5.92 Å². The van der Waals surface area contributed by atoms with Crippen LogP contribution in [0.4, 0.5) is 0 Å². The third-order valence-electron chi connectivity index (χ3n) is 2.93. The van der Waals surface area contributed by atoms with Gasteiger partial charge in [0.2, 0.25) is 0 Å². The number of benzene rings is 1. The summed E-state index contributed by atoms with van der Waals surface area (Å²) in [4.78, 5) is 0. The maximum Gasteiger partial charge on any atom is 0.0467 e. The van der Waals surface area contributed by atoms with Gasteiger partial charge < -0.3 is 4.74 Å². The minimum atomic E-state index is 0.592. The van der Waals surface area contributed by atoms with Crippen LogP contribution in [0.15, 0.2) is 18.2 Å². The van der Waals surface area contributed by atoms with Crippen LogP contribution in [-0.4, -0.2) is 13.7 Å². The minimum absolute atomic E-state index is 0.592. The molecule has 0 aromatic heterocycles. The highest BCUT2D eigenvalue weighted by Gasteiger charge is 2.08. The molecule has 0 amide bonds. The van der Waals surface area contributed by atoms with Crippen molar-refractivity contribution in [1.29, 1.82) is 0 Å². The number of rotatable bonds is 4. The van der Waals surface area contributed by atoms with Gasteiger partial charge in [-0.1, -0.05) is 25.1 Å². The largest absolute Gasteiger partial charge is 0.385 e. The van der Waals surface area contributed by atoms with Crippen molar-refractivity contribution in [3.63, 3.8) is 0 Å². The van der Waals surface area contributed by atoms with E-state index in [1.54, 1.807) is 7.11 Å². The summed E-state index contributed by atoms with van der Waals surface area (Å²) in [6.07, 6.45) is 1.10. The lowest BCUT2D eigenvalue weighted by Gasteiger charge is -2.15. The normalized spacial score (nSPS) is 12.9. The monoisotopic (exact) mass is 192 g/mol. The molecule has 0 bridgehead atoms. The van der Waals surface area contributed by atoms with Crippen LogP contribution in [0.1, 0.15) is 36.0 Å². The molecule has 0 N–H and O–H groups in total. The predicted molar refractivity (Wildman–Crippen MR) is 60.8 cm³/mol. The van der Waals surface area contributed by atoms with Gasteiger partial charge in [-0.25, -0.2) is 0 Å². The average Bonchev–Trinajstić information content (AvgIpc) is 2.18. The summed E-state index contributed by atoms with van der Waals surface area (Å²) in [5, 5.41) is 0. The molecule has 1 rings (SSSR count). The van der Waals surface area contributed by atoms with E-state index in [2.05, 4.69) is 39.0 Å². The Hall–Kier alpha value is -0.820. The van der Waals surface area contributed by atoms with Crippen LogP contribution >= 0.6 is 0 Å². The van der Waals surface area contributed by atoms with Crippen LogP contribution in [-0.2, 0) is 4.74 Å². The van der Waals surface area contributed by atoms with Crippen molar-refractivity contribution in [2.75, 3.05) is 13.7 Å². The van der Waals surface area contributed by atoms with Gasteiger partial charge in [0.25, 0.3) is 0 Å². The van der Waals surface area contributed by atoms with Gasteiger partial charge >= 0.3 is 0 Å². The van der Waals surface area contributed by atoms with Crippen LogP contribution in [0.5, 0.6) is 0 Å². The number of methoxy groups -OCH3 is 1. The van der Waals surface area contributed by atoms with E-state index in [9.17, 15) is 0 Å². The van der Waals surface area contributed by atoms with Crippen molar-refractivity contribution >= 4 is 0 Å². The smallest absolute Gasteiger partial charge is 0.0467 e. The summed E-state index contributed by atoms with van der Waals surface area (Å²) in [5.74, 6) is 0.592. The number of hydrogen-bond donors (Lipinski definition) is 0. The van der Waals surface area contributed by atoms with Crippen molar-refractivity contribution in [2.45, 2.75) is 33.1 Å². The van der Waals surface area contributed by atoms with Gasteiger partial charge in [0.15, 0.2) is 0 Å². The molecule has 0 saturated heterocycles. The maximum atomic E-state index is 5.10. The Morgan fingerprint density at radius 1 is 1.29 bits per heavy atom. The molecule has 78 valence electrons. The quantitative estimate of drug-likeness (QED) is 0.710. The molecule has 1 unspecified atom stereocenters. The second-order valence-corrected chi connectivity index (χ2v) is 3.97. The van der Waals surface area contributed by atoms with E-state index in [0.717, 1.165) is 13.0 Å². The first-order valence-electron chi connectivity index (χ1n) is 5.22. The van der Waals surface area contributed by atoms with Crippen LogP contribution in [0.3, 0.4) is 0 Å². The van der Waals surface area contributed by atoms with Crippen molar-refractivity contribution in [3.8, 4) is 0 Å². The molecule has 0 spiro atoms. The first-order valence-corrected chi connectivity index (χ1v) is 5.22. The molecule has 1 nitrogen and oxygen atoms in total. The lowest BCUT2D eigenvalue weighted by molar-refractivity contribution is 0.189. The zero-order valence-electron chi connectivity index (χ0n) is 9.63. The molecular weight excluding hydrogens is 172 g/mol. The van der Waals surface area contributed by atoms with E-state index < -0.39 is 0 Å². The summed E-state index contributed by atoms with van der Waals surface area (Å²) < 4.78 is 5.10. The van der Waals surface area contributed by atoms with Crippen LogP contribution in [0.2, 0.25) is 0 Å². The van der Waals surface area contributed by atoms with E-state index in [4.69, 9.17) is 4.74 Å². The molecule has 0 heterocycles. The van der Waals surface area contributed by atoms with Gasteiger partial charge in [0.1, 0.15) is 0 Å². The molecule has 1 heteroatoms. The first kappa shape index (κ1) is 11.3. The standard InChI is InChI=1S/C13H20O/c1-10-6-5-7-13(12(10)3)11(2)8-9-14-4/h5-7,11H,8-9H2,1-4H3. The van der Waals surface area contributed by atoms with E-state index in [1.807, 2.05) is 0 Å². The van der Waals surface area contributed by atoms with Gasteiger partial charge in [-0.05, 0) is 42.9 Å². The highest BCUT2D eigenvalue weighted by molar-refractivity contribution is 5.35. The third kappa shape index (κ3) is 2.58. The summed E-state index contributed by atoms with van der Waals surface area (Å²) in [5.41, 5.74) is 4.27. The predicted octanol–water partition coefficient (Wildman–Crippen LogP) is 3.44. The molecule has 1 atom stereocenters. The maximum absolute atomic E-state index is 5.10. The SMILES string of the molecule is COCCC(C)c1cccc(C)c1C. The van der Waals surface area contributed by atoms with Crippen molar-refractivity contribution < 1.29 is 4.74 Å². The summed E-state index contributed by atoms with van der Waals surface area (Å²) in [6.45, 7) is 7.48. The lowest BCUT2D eigenvalue weighted by atomic mass is 9.92. The topological polar surface area (TPSA) is 9.23 Å². The Morgan fingerprint density at radius 3 is 2.64 bits per heavy atom. The lowest BCUT2D eigenvalue weighted by Crippen LogP contribution is -2.01. The fraction of sp³-hybridized carbons (Fsp3) is 0.538. The van der Waals surface area contributed by atoms with Gasteiger partial charge in [0.05, 0.1) is 0 Å². The van der Waals surface area contributed by atoms with Crippen LogP contribution in [0, 0.1) is 13.8 Å². The molecule has 0 aliphatic rings. The van der Waals surface area contributed by atoms with E-state index in [-0.39, 0.29) is 0 Å². The van der Waals surface area contributed by atoms with Crippen LogP contribution in [0.25, 0.3) is 0 Å². The fourth-order valence-corrected chi connectivity index (χ4v) is 1.76. The Kier molecular flexibility index (Phi) is 4.15. The molecular formula is C13H20O. The molecule has 0 saturated carbocycles. The molecule has 14 heavy (non-hydrogen) atoms. The molecule has 0 aliphatic heterocycles. The fourth-order valence-electron chi connectivity index (χ4n) is 1.76. The molecule has 1 aromatic rings. The summed E-state index contributed by atoms with van der Waals surface area (Å²) in [7, 11) is 1.76. The Morgan fingerprint density at radius 2 is 2.00 bits per heavy atom. The van der Waals surface area contributed by atoms with Crippen molar-refractivity contribution in [1.82, 2.24) is 0 Å². The zero-order chi connectivity index (χ0) is 10.6. The average molecular weight is 192 g/mol. The Bertz CT molecular complexity index is 291. The highest BCUT2D eigenvalue weighted by Crippen LogP contribution is 2.24. The molecule has 1 aromatic carbocycles. The summed E-state index contributed by atoms with van der Waals surface area (Å²) in [6, 6.07) is 6.53. The minimum Gasteiger partial charge on any atom is -0.385 e. The Balaban J connectivity index is 2.79. The first-order chi connectivity index (χ1) is 6.66. The van der Waals surface area contributed by atoms with Gasteiger partial charge in [0, 0.05) is 13.7 Å². The van der Waals surface area contributed by atoms with E-state index in [1.165, 1.54) is 16.7 Å². The second-order valence-electron chi connectivity index (χ2n) is 3.97. The molecule has 0 aliphatic carbocycles. The van der Waals surface area contributed by atoms with Crippen molar-refractivity contribution in [3.05, 3.63) is 34.9 Å². The van der Waals surface area contributed by atoms with Crippen LogP contribution < -0.4 is 0 Å². The Labute approximate surface area is 87.1 Å². The summed E-state index contributed by atoms with van der Waals surface area (Å²) >= 11 is 0. The third-order valence-corrected chi connectivity index (χ3v) is 2.93. The number of aryl methyl sites for hydroxylation is 1. The van der Waals surface area contributed by atoms with Crippen molar-refractivity contribution in [2.24, 2.45) is 0 Å². The van der Waals surface area contributed by atoms with Gasteiger partial charge in [-0.2, -0.15) is 0 Å². The number of ether oxygens (including phenoxy) is 1. The molecule has 0 fully saturated rings. The zero-order valence-corrected chi connectivity index (χ0v) is 9.63. The number of hydrogen-bond acceptors (Lipinski definition) is 1. The highest BCUT2D eigenvalue weighted by atomic mass is 16.5. The van der Waals surface area contributed by atoms with Gasteiger partial charge in [-0.15, -0.1) is 0 Å². The van der Waals surface area contributed by atoms with E-state index >= 15 is 0 Å². The van der Waals surface area contributed by atoms with Gasteiger partial charge in [-0.3, -0.25) is 0 Å². The second kappa shape index (κ2) is 5.16. The molecule has 0 radical (unpaired) electrons.